The molecule has 3 heteroatoms. The zero-order chi connectivity index (χ0) is 14.5. The van der Waals surface area contributed by atoms with E-state index < -0.39 is 6.10 Å². The Hall–Kier alpha value is -1.06. The minimum atomic E-state index is -0.414. The molecule has 3 unspecified atom stereocenters. The zero-order valence-electron chi connectivity index (χ0n) is 12.9. The average Bonchev–Trinajstić information content (AvgIpc) is 2.38. The Bertz CT molecular complexity index is 394. The Labute approximate surface area is 122 Å². The van der Waals surface area contributed by atoms with Crippen molar-refractivity contribution in [2.24, 2.45) is 11.8 Å². The van der Waals surface area contributed by atoms with Gasteiger partial charge >= 0.3 is 0 Å². The highest BCUT2D eigenvalue weighted by Gasteiger charge is 2.23. The zero-order valence-corrected chi connectivity index (χ0v) is 12.9. The summed E-state index contributed by atoms with van der Waals surface area (Å²) in [6.07, 6.45) is 0.888. The Morgan fingerprint density at radius 2 is 1.80 bits per heavy atom. The summed E-state index contributed by atoms with van der Waals surface area (Å²) in [6, 6.07) is 7.80. The lowest BCUT2D eigenvalue weighted by Gasteiger charge is -2.36. The first-order valence-corrected chi connectivity index (χ1v) is 7.71. The highest BCUT2D eigenvalue weighted by Crippen LogP contribution is 2.24. The topological polar surface area (TPSA) is 32.7 Å². The molecule has 3 nitrogen and oxygen atoms in total. The highest BCUT2D eigenvalue weighted by molar-refractivity contribution is 5.28. The molecule has 1 saturated heterocycles. The number of piperidine rings is 1. The van der Waals surface area contributed by atoms with E-state index in [0.29, 0.717) is 6.61 Å². The maximum atomic E-state index is 10.4. The van der Waals surface area contributed by atoms with Crippen molar-refractivity contribution in [2.75, 3.05) is 26.2 Å². The summed E-state index contributed by atoms with van der Waals surface area (Å²) >= 11 is 0. The largest absolute Gasteiger partial charge is 0.494 e. The number of likely N-dealkylation sites (tertiary alicyclic amines) is 1. The van der Waals surface area contributed by atoms with Gasteiger partial charge in [0, 0.05) is 19.6 Å². The molecule has 1 heterocycles. The van der Waals surface area contributed by atoms with Crippen LogP contribution >= 0.6 is 0 Å². The van der Waals surface area contributed by atoms with Crippen LogP contribution < -0.4 is 4.74 Å². The Morgan fingerprint density at radius 3 is 2.35 bits per heavy atom. The van der Waals surface area contributed by atoms with Gasteiger partial charge in [-0.05, 0) is 42.9 Å². The first-order valence-electron chi connectivity index (χ1n) is 7.71. The lowest BCUT2D eigenvalue weighted by atomic mass is 9.91. The van der Waals surface area contributed by atoms with Crippen molar-refractivity contribution < 1.29 is 9.84 Å². The quantitative estimate of drug-likeness (QED) is 0.897. The van der Waals surface area contributed by atoms with Crippen LogP contribution in [0.3, 0.4) is 0 Å². The molecule has 1 N–H and O–H groups in total. The summed E-state index contributed by atoms with van der Waals surface area (Å²) in [4.78, 5) is 2.39. The fourth-order valence-corrected chi connectivity index (χ4v) is 3.24. The predicted molar refractivity (Wildman–Crippen MR) is 82.0 cm³/mol. The number of hydrogen-bond donors (Lipinski definition) is 1. The summed E-state index contributed by atoms with van der Waals surface area (Å²) in [5, 5.41) is 10.4. The van der Waals surface area contributed by atoms with Crippen molar-refractivity contribution >= 4 is 0 Å². The molecule has 1 aromatic rings. The molecular weight excluding hydrogens is 250 g/mol. The maximum absolute atomic E-state index is 10.4. The molecule has 3 atom stereocenters. The molecule has 2 rings (SSSR count). The van der Waals surface area contributed by atoms with Gasteiger partial charge < -0.3 is 9.84 Å². The number of β-amino-alcohol motifs (C(OH)–C–C–N with tert-alkyl or cyclic N) is 1. The van der Waals surface area contributed by atoms with Crippen LogP contribution in [0.15, 0.2) is 24.3 Å². The van der Waals surface area contributed by atoms with Crippen molar-refractivity contribution in [3.8, 4) is 5.75 Å². The molecule has 0 bridgehead atoms. The number of ether oxygens (including phenoxy) is 1. The first kappa shape index (κ1) is 15.3. The number of benzene rings is 1. The minimum Gasteiger partial charge on any atom is -0.494 e. The molecule has 0 radical (unpaired) electrons. The van der Waals surface area contributed by atoms with Crippen LogP contribution in [0.1, 0.15) is 38.9 Å². The third-order valence-electron chi connectivity index (χ3n) is 3.95. The average molecular weight is 277 g/mol. The molecule has 0 spiro atoms. The fourth-order valence-electron chi connectivity index (χ4n) is 3.24. The first-order chi connectivity index (χ1) is 9.58. The molecule has 0 saturated carbocycles. The van der Waals surface area contributed by atoms with Crippen molar-refractivity contribution in [1.82, 2.24) is 4.90 Å². The van der Waals surface area contributed by atoms with E-state index in [1.54, 1.807) is 0 Å². The lowest BCUT2D eigenvalue weighted by molar-refractivity contribution is 0.0699. The molecule has 1 aromatic carbocycles. The van der Waals surface area contributed by atoms with Crippen LogP contribution in [-0.2, 0) is 0 Å². The minimum absolute atomic E-state index is 0.414. The normalized spacial score (nSPS) is 25.4. The maximum Gasteiger partial charge on any atom is 0.119 e. The van der Waals surface area contributed by atoms with Crippen molar-refractivity contribution in [2.45, 2.75) is 33.3 Å². The fraction of sp³-hybridized carbons (Fsp3) is 0.647. The van der Waals surface area contributed by atoms with Crippen LogP contribution in [-0.4, -0.2) is 36.2 Å². The van der Waals surface area contributed by atoms with E-state index >= 15 is 0 Å². The number of nitrogens with zero attached hydrogens (tertiary/aromatic N) is 1. The van der Waals surface area contributed by atoms with E-state index in [1.165, 1.54) is 6.42 Å². The highest BCUT2D eigenvalue weighted by atomic mass is 16.5. The summed E-state index contributed by atoms with van der Waals surface area (Å²) in [6.45, 7) is 10.2. The van der Waals surface area contributed by atoms with Crippen molar-refractivity contribution in [3.63, 3.8) is 0 Å². The molecule has 1 fully saturated rings. The molecule has 1 aliphatic rings. The molecule has 0 aliphatic carbocycles. The lowest BCUT2D eigenvalue weighted by Crippen LogP contribution is -2.40. The second-order valence-electron chi connectivity index (χ2n) is 6.18. The van der Waals surface area contributed by atoms with Crippen molar-refractivity contribution in [3.05, 3.63) is 29.8 Å². The Balaban J connectivity index is 1.92. The standard InChI is InChI=1S/C17H27NO2/c1-4-20-16-7-5-15(6-8-16)17(19)12-18-10-13(2)9-14(3)11-18/h5-8,13-14,17,19H,4,9-12H2,1-3H3. The monoisotopic (exact) mass is 277 g/mol. The molecule has 20 heavy (non-hydrogen) atoms. The second kappa shape index (κ2) is 7.09. The molecule has 1 aliphatic heterocycles. The van der Waals surface area contributed by atoms with Crippen LogP contribution in [0.5, 0.6) is 5.75 Å². The van der Waals surface area contributed by atoms with E-state index in [2.05, 4.69) is 18.7 Å². The van der Waals surface area contributed by atoms with Gasteiger partial charge in [-0.1, -0.05) is 26.0 Å². The molecular formula is C17H27NO2. The van der Waals surface area contributed by atoms with Gasteiger partial charge in [0.15, 0.2) is 0 Å². The summed E-state index contributed by atoms with van der Waals surface area (Å²) < 4.78 is 5.43. The van der Waals surface area contributed by atoms with E-state index in [9.17, 15) is 5.11 Å². The van der Waals surface area contributed by atoms with Gasteiger partial charge in [-0.15, -0.1) is 0 Å². The third kappa shape index (κ3) is 4.22. The third-order valence-corrected chi connectivity index (χ3v) is 3.95. The number of hydrogen-bond acceptors (Lipinski definition) is 3. The Kier molecular flexibility index (Phi) is 5.44. The number of aliphatic hydroxyl groups excluding tert-OH is 1. The van der Waals surface area contributed by atoms with Gasteiger partial charge in [0.1, 0.15) is 5.75 Å². The van der Waals surface area contributed by atoms with E-state index in [4.69, 9.17) is 4.74 Å². The van der Waals surface area contributed by atoms with Gasteiger partial charge in [0.2, 0.25) is 0 Å². The summed E-state index contributed by atoms with van der Waals surface area (Å²) in [5.41, 5.74) is 0.972. The smallest absolute Gasteiger partial charge is 0.119 e. The van der Waals surface area contributed by atoms with E-state index in [1.807, 2.05) is 31.2 Å². The van der Waals surface area contributed by atoms with E-state index in [-0.39, 0.29) is 0 Å². The predicted octanol–water partition coefficient (Wildman–Crippen LogP) is 3.10. The summed E-state index contributed by atoms with van der Waals surface area (Å²) in [5.74, 6) is 2.32. The van der Waals surface area contributed by atoms with Gasteiger partial charge in [0.05, 0.1) is 12.7 Å². The number of aliphatic hydroxyl groups is 1. The van der Waals surface area contributed by atoms with Crippen molar-refractivity contribution in [1.29, 1.82) is 0 Å². The van der Waals surface area contributed by atoms with Crippen LogP contribution in [0.2, 0.25) is 0 Å². The van der Waals surface area contributed by atoms with Crippen LogP contribution in [0.25, 0.3) is 0 Å². The van der Waals surface area contributed by atoms with Crippen LogP contribution in [0.4, 0.5) is 0 Å². The summed E-state index contributed by atoms with van der Waals surface area (Å²) in [7, 11) is 0. The van der Waals surface area contributed by atoms with Gasteiger partial charge in [-0.25, -0.2) is 0 Å². The van der Waals surface area contributed by atoms with Gasteiger partial charge in [-0.3, -0.25) is 4.90 Å². The SMILES string of the molecule is CCOc1ccc(C(O)CN2CC(C)CC(C)C2)cc1. The van der Waals surface area contributed by atoms with Gasteiger partial charge in [0.25, 0.3) is 0 Å². The Morgan fingerprint density at radius 1 is 1.20 bits per heavy atom. The molecule has 0 aromatic heterocycles. The molecule has 112 valence electrons. The second-order valence-corrected chi connectivity index (χ2v) is 6.18. The van der Waals surface area contributed by atoms with Gasteiger partial charge in [-0.2, -0.15) is 0 Å². The van der Waals surface area contributed by atoms with Crippen LogP contribution in [0, 0.1) is 11.8 Å². The van der Waals surface area contributed by atoms with E-state index in [0.717, 1.165) is 42.8 Å². The number of rotatable bonds is 5. The molecule has 0 amide bonds.